The minimum absolute atomic E-state index is 0.103. The third-order valence-electron chi connectivity index (χ3n) is 4.68. The molecule has 3 rings (SSSR count). The molecule has 1 heterocycles. The second kappa shape index (κ2) is 8.35. The zero-order valence-electron chi connectivity index (χ0n) is 15.1. The Labute approximate surface area is 157 Å². The molecule has 0 spiro atoms. The van der Waals surface area contributed by atoms with Crippen molar-refractivity contribution in [1.82, 2.24) is 5.32 Å². The molecule has 0 aliphatic carbocycles. The summed E-state index contributed by atoms with van der Waals surface area (Å²) in [5.41, 5.74) is 8.51. The number of hydrogen-bond donors (Lipinski definition) is 2. The summed E-state index contributed by atoms with van der Waals surface area (Å²) in [6.07, 6.45) is 0.704. The van der Waals surface area contributed by atoms with E-state index in [0.717, 1.165) is 11.1 Å². The number of para-hydroxylation sites is 2. The van der Waals surface area contributed by atoms with Crippen LogP contribution in [0.5, 0.6) is 5.75 Å². The Morgan fingerprint density at radius 3 is 2.63 bits per heavy atom. The van der Waals surface area contributed by atoms with Crippen molar-refractivity contribution in [3.05, 3.63) is 59.7 Å². The van der Waals surface area contributed by atoms with Gasteiger partial charge in [-0.1, -0.05) is 42.0 Å². The number of benzene rings is 2. The highest BCUT2D eigenvalue weighted by molar-refractivity contribution is 5.83. The number of rotatable bonds is 6. The van der Waals surface area contributed by atoms with Crippen molar-refractivity contribution in [1.29, 1.82) is 0 Å². The summed E-state index contributed by atoms with van der Waals surface area (Å²) in [6, 6.07) is 13.4. The van der Waals surface area contributed by atoms with E-state index in [1.165, 1.54) is 6.07 Å². The molecule has 7 heteroatoms. The lowest BCUT2D eigenvalue weighted by molar-refractivity contribution is -0.123. The Hall–Kier alpha value is -2.67. The van der Waals surface area contributed by atoms with Gasteiger partial charge in [-0.25, -0.2) is 0 Å². The first kappa shape index (κ1) is 19.1. The number of alkyl halides is 2. The number of nitrogens with one attached hydrogen (secondary N) is 1. The van der Waals surface area contributed by atoms with Gasteiger partial charge in [-0.15, -0.1) is 0 Å². The number of anilines is 1. The average molecular weight is 375 g/mol. The minimum Gasteiger partial charge on any atom is -0.433 e. The minimum atomic E-state index is -2.88. The molecule has 1 amide bonds. The van der Waals surface area contributed by atoms with E-state index in [9.17, 15) is 13.6 Å². The number of aryl methyl sites for hydroxylation is 1. The number of nitrogens with zero attached hydrogens (tertiary/aromatic N) is 1. The number of amides is 1. The third kappa shape index (κ3) is 4.74. The Bertz CT molecular complexity index is 783. The van der Waals surface area contributed by atoms with Crippen LogP contribution in [0.2, 0.25) is 0 Å². The van der Waals surface area contributed by atoms with Gasteiger partial charge in [0.2, 0.25) is 5.91 Å². The summed E-state index contributed by atoms with van der Waals surface area (Å²) in [4.78, 5) is 14.4. The maximum Gasteiger partial charge on any atom is 0.387 e. The van der Waals surface area contributed by atoms with Gasteiger partial charge < -0.3 is 20.7 Å². The van der Waals surface area contributed by atoms with Crippen LogP contribution in [0.4, 0.5) is 14.5 Å². The molecule has 5 nitrogen and oxygen atoms in total. The van der Waals surface area contributed by atoms with E-state index < -0.39 is 12.7 Å². The molecule has 1 aliphatic rings. The van der Waals surface area contributed by atoms with Gasteiger partial charge in [0.05, 0.1) is 5.69 Å². The fourth-order valence-corrected chi connectivity index (χ4v) is 3.23. The van der Waals surface area contributed by atoms with E-state index in [2.05, 4.69) is 10.1 Å². The highest BCUT2D eigenvalue weighted by atomic mass is 19.3. The summed E-state index contributed by atoms with van der Waals surface area (Å²) in [5.74, 6) is -0.112. The van der Waals surface area contributed by atoms with Crippen LogP contribution in [0, 0.1) is 6.92 Å². The molecule has 0 bridgehead atoms. The smallest absolute Gasteiger partial charge is 0.387 e. The quantitative estimate of drug-likeness (QED) is 0.815. The van der Waals surface area contributed by atoms with Crippen LogP contribution in [0.15, 0.2) is 48.5 Å². The molecule has 1 saturated heterocycles. The lowest BCUT2D eigenvalue weighted by Crippen LogP contribution is -2.42. The van der Waals surface area contributed by atoms with E-state index in [0.29, 0.717) is 25.2 Å². The first-order valence-corrected chi connectivity index (χ1v) is 8.85. The molecule has 2 unspecified atom stereocenters. The van der Waals surface area contributed by atoms with Crippen LogP contribution in [0.25, 0.3) is 0 Å². The average Bonchev–Trinajstić information content (AvgIpc) is 3.10. The van der Waals surface area contributed by atoms with Gasteiger partial charge in [-0.2, -0.15) is 8.78 Å². The van der Waals surface area contributed by atoms with Gasteiger partial charge in [0, 0.05) is 19.1 Å². The van der Waals surface area contributed by atoms with Gasteiger partial charge >= 0.3 is 6.61 Å². The maximum absolute atomic E-state index is 12.6. The summed E-state index contributed by atoms with van der Waals surface area (Å²) in [5, 5.41) is 2.96. The van der Waals surface area contributed by atoms with Crippen molar-refractivity contribution in [2.45, 2.75) is 32.0 Å². The first-order valence-electron chi connectivity index (χ1n) is 8.85. The van der Waals surface area contributed by atoms with Crippen molar-refractivity contribution in [2.24, 2.45) is 5.73 Å². The largest absolute Gasteiger partial charge is 0.433 e. The fourth-order valence-electron chi connectivity index (χ4n) is 3.23. The molecule has 2 aromatic rings. The van der Waals surface area contributed by atoms with Crippen LogP contribution in [0.1, 0.15) is 23.6 Å². The zero-order valence-corrected chi connectivity index (χ0v) is 15.1. The van der Waals surface area contributed by atoms with E-state index in [-0.39, 0.29) is 17.7 Å². The molecular formula is C20H23F2N3O2. The highest BCUT2D eigenvalue weighted by Gasteiger charge is 2.28. The lowest BCUT2D eigenvalue weighted by Gasteiger charge is -2.22. The number of carbonyl (C=O) groups excluding carboxylic acids is 1. The van der Waals surface area contributed by atoms with E-state index in [1.54, 1.807) is 18.2 Å². The molecular weight excluding hydrogens is 352 g/mol. The Morgan fingerprint density at radius 1 is 1.22 bits per heavy atom. The lowest BCUT2D eigenvalue weighted by atomic mass is 10.0. The van der Waals surface area contributed by atoms with Crippen LogP contribution < -0.4 is 20.7 Å². The van der Waals surface area contributed by atoms with Crippen LogP contribution in [0.3, 0.4) is 0 Å². The van der Waals surface area contributed by atoms with Crippen molar-refractivity contribution >= 4 is 11.6 Å². The maximum atomic E-state index is 12.6. The number of ether oxygens (including phenoxy) is 1. The Kier molecular flexibility index (Phi) is 5.91. The molecule has 1 aliphatic heterocycles. The third-order valence-corrected chi connectivity index (χ3v) is 4.68. The monoisotopic (exact) mass is 375 g/mol. The molecule has 1 fully saturated rings. The number of hydrogen-bond acceptors (Lipinski definition) is 4. The predicted molar refractivity (Wildman–Crippen MR) is 99.9 cm³/mol. The summed E-state index contributed by atoms with van der Waals surface area (Å²) < 4.78 is 29.8. The van der Waals surface area contributed by atoms with Gasteiger partial charge in [0.25, 0.3) is 0 Å². The van der Waals surface area contributed by atoms with Crippen LogP contribution in [-0.2, 0) is 4.79 Å². The second-order valence-electron chi connectivity index (χ2n) is 6.67. The van der Waals surface area contributed by atoms with Gasteiger partial charge in [0.1, 0.15) is 11.8 Å². The number of nitrogens with two attached hydrogens (primary N) is 1. The van der Waals surface area contributed by atoms with E-state index in [4.69, 9.17) is 5.73 Å². The van der Waals surface area contributed by atoms with Gasteiger partial charge in [-0.3, -0.25) is 4.79 Å². The fraction of sp³-hybridized carbons (Fsp3) is 0.350. The summed E-state index contributed by atoms with van der Waals surface area (Å²) in [6.45, 7) is 0.235. The molecule has 0 radical (unpaired) electrons. The second-order valence-corrected chi connectivity index (χ2v) is 6.67. The van der Waals surface area contributed by atoms with E-state index >= 15 is 0 Å². The van der Waals surface area contributed by atoms with Crippen molar-refractivity contribution in [2.75, 3.05) is 18.0 Å². The van der Waals surface area contributed by atoms with Gasteiger partial charge in [0.15, 0.2) is 0 Å². The molecule has 144 valence electrons. The van der Waals surface area contributed by atoms with Crippen molar-refractivity contribution < 1.29 is 18.3 Å². The number of carbonyl (C=O) groups is 1. The van der Waals surface area contributed by atoms with Crippen molar-refractivity contribution in [3.8, 4) is 5.75 Å². The first-order chi connectivity index (χ1) is 12.9. The molecule has 3 N–H and O–H groups in total. The highest BCUT2D eigenvalue weighted by Crippen LogP contribution is 2.31. The Morgan fingerprint density at radius 2 is 1.93 bits per heavy atom. The van der Waals surface area contributed by atoms with Gasteiger partial charge in [-0.05, 0) is 31.0 Å². The summed E-state index contributed by atoms with van der Waals surface area (Å²) in [7, 11) is 0. The normalized spacial score (nSPS) is 17.8. The molecule has 2 atom stereocenters. The van der Waals surface area contributed by atoms with Crippen molar-refractivity contribution in [3.63, 3.8) is 0 Å². The molecule has 0 saturated carbocycles. The standard InChI is InChI=1S/C20H23F2N3O2/c1-13-6-8-14(9-7-13)18(23)19(26)24-15-10-11-25(12-15)16-4-2-3-5-17(16)27-20(21)22/h2-9,15,18,20H,10-12,23H2,1H3,(H,24,26). The topological polar surface area (TPSA) is 67.6 Å². The summed E-state index contributed by atoms with van der Waals surface area (Å²) >= 11 is 0. The molecule has 27 heavy (non-hydrogen) atoms. The molecule has 0 aromatic heterocycles. The van der Waals surface area contributed by atoms with E-state index in [1.807, 2.05) is 36.1 Å². The zero-order chi connectivity index (χ0) is 19.4. The SMILES string of the molecule is Cc1ccc(C(N)C(=O)NC2CCN(c3ccccc3OC(F)F)C2)cc1. The number of halogens is 2. The van der Waals surface area contributed by atoms with Crippen LogP contribution >= 0.6 is 0 Å². The Balaban J connectivity index is 1.61. The van der Waals surface area contributed by atoms with Crippen LogP contribution in [-0.4, -0.2) is 31.7 Å². The predicted octanol–water partition coefficient (Wildman–Crippen LogP) is 2.99. The molecule has 2 aromatic carbocycles.